The van der Waals surface area contributed by atoms with Gasteiger partial charge in [-0.05, 0) is 75.9 Å². The molecule has 4 aromatic heterocycles. The van der Waals surface area contributed by atoms with Gasteiger partial charge in [-0.2, -0.15) is 14.0 Å². The summed E-state index contributed by atoms with van der Waals surface area (Å²) in [7, 11) is 0. The molecule has 1 aliphatic carbocycles. The number of benzene rings is 1. The van der Waals surface area contributed by atoms with Gasteiger partial charge < -0.3 is 20.1 Å². The Bertz CT molecular complexity index is 2350. The maximum atomic E-state index is 13.9. The number of piperidine rings is 1. The second kappa shape index (κ2) is 14.9. The molecule has 0 amide bonds. The Kier molecular flexibility index (Phi) is 10.2. The Balaban J connectivity index is 1.09. The van der Waals surface area contributed by atoms with E-state index in [1.807, 2.05) is 0 Å². The number of nitrogens with one attached hydrogen (secondary N) is 1. The van der Waals surface area contributed by atoms with E-state index in [9.17, 15) is 28.7 Å². The highest BCUT2D eigenvalue weighted by atomic mass is 35.5. The minimum absolute atomic E-state index is 0.00583. The van der Waals surface area contributed by atoms with Crippen molar-refractivity contribution in [3.05, 3.63) is 79.9 Å². The normalized spacial score (nSPS) is 17.8. The van der Waals surface area contributed by atoms with Crippen molar-refractivity contribution in [3.8, 4) is 29.0 Å². The second-order valence-electron chi connectivity index (χ2n) is 12.9. The van der Waals surface area contributed by atoms with Crippen LogP contribution in [0.3, 0.4) is 0 Å². The third-order valence-electron chi connectivity index (χ3n) is 9.81. The number of nitrogens with zero attached hydrogens (tertiary/aromatic N) is 6. The summed E-state index contributed by atoms with van der Waals surface area (Å²) < 4.78 is 31.7. The summed E-state index contributed by atoms with van der Waals surface area (Å²) in [5.41, 5.74) is 2.58. The molecular formula is C37H32ClF2N7O4S. The van der Waals surface area contributed by atoms with Gasteiger partial charge in [0.15, 0.2) is 0 Å². The summed E-state index contributed by atoms with van der Waals surface area (Å²) in [6.45, 7) is 1.24. The lowest BCUT2D eigenvalue weighted by Gasteiger charge is -2.45. The van der Waals surface area contributed by atoms with Crippen molar-refractivity contribution in [1.29, 1.82) is 5.26 Å². The van der Waals surface area contributed by atoms with Crippen molar-refractivity contribution in [2.24, 2.45) is 5.92 Å². The monoisotopic (exact) mass is 743 g/mol. The van der Waals surface area contributed by atoms with Crippen LogP contribution in [-0.2, 0) is 11.3 Å². The SMILES string of the molecule is Cc1nc2cnc(NCC3CCN(C4CC(OC(F)F)C4)CC3)c(C#N)c2c(=O)n1CC#Cc1ccc(Cl)cc1-c1ccnc2c(C(=O)O)csc12. The number of halogens is 3. The van der Waals surface area contributed by atoms with E-state index in [0.29, 0.717) is 68.8 Å². The first kappa shape index (κ1) is 35.4. The van der Waals surface area contributed by atoms with Crippen LogP contribution >= 0.6 is 22.9 Å². The van der Waals surface area contributed by atoms with E-state index in [0.717, 1.165) is 31.5 Å². The molecule has 1 saturated carbocycles. The molecule has 2 N–H and O–H groups in total. The van der Waals surface area contributed by atoms with Crippen molar-refractivity contribution in [1.82, 2.24) is 24.4 Å². The van der Waals surface area contributed by atoms with Crippen molar-refractivity contribution in [3.63, 3.8) is 0 Å². The predicted molar refractivity (Wildman–Crippen MR) is 194 cm³/mol. The third kappa shape index (κ3) is 7.07. The molecule has 1 aromatic carbocycles. The van der Waals surface area contributed by atoms with Gasteiger partial charge in [-0.15, -0.1) is 11.3 Å². The lowest BCUT2D eigenvalue weighted by Crippen LogP contribution is -2.51. The molecule has 52 heavy (non-hydrogen) atoms. The van der Waals surface area contributed by atoms with E-state index < -0.39 is 18.1 Å². The number of carboxylic acids is 1. The lowest BCUT2D eigenvalue weighted by molar-refractivity contribution is -0.194. The number of nitriles is 1. The van der Waals surface area contributed by atoms with Crippen LogP contribution in [0.5, 0.6) is 0 Å². The van der Waals surface area contributed by atoms with Gasteiger partial charge >= 0.3 is 12.6 Å². The number of ether oxygens (including phenoxy) is 1. The Hall–Kier alpha value is -4.99. The molecule has 1 aliphatic heterocycles. The average Bonchev–Trinajstić information content (AvgIpc) is 3.56. The molecule has 0 unspecified atom stereocenters. The van der Waals surface area contributed by atoms with Crippen LogP contribution in [0.1, 0.15) is 53.0 Å². The van der Waals surface area contributed by atoms with Crippen LogP contribution in [0, 0.1) is 36.0 Å². The van der Waals surface area contributed by atoms with Crippen LogP contribution in [0.2, 0.25) is 5.02 Å². The highest BCUT2D eigenvalue weighted by molar-refractivity contribution is 7.18. The van der Waals surface area contributed by atoms with Gasteiger partial charge in [-0.1, -0.05) is 23.4 Å². The molecule has 7 rings (SSSR count). The number of likely N-dealkylation sites (tertiary alicyclic amines) is 1. The molecule has 2 fully saturated rings. The highest BCUT2D eigenvalue weighted by Crippen LogP contribution is 2.37. The molecule has 15 heteroatoms. The predicted octanol–water partition coefficient (Wildman–Crippen LogP) is 6.55. The van der Waals surface area contributed by atoms with Crippen LogP contribution in [0.25, 0.3) is 32.2 Å². The highest BCUT2D eigenvalue weighted by Gasteiger charge is 2.37. The van der Waals surface area contributed by atoms with Gasteiger partial charge in [-0.3, -0.25) is 14.3 Å². The molecule has 0 radical (unpaired) electrons. The van der Waals surface area contributed by atoms with Gasteiger partial charge in [0.1, 0.15) is 23.3 Å². The second-order valence-corrected chi connectivity index (χ2v) is 14.2. The number of hydrogen-bond donors (Lipinski definition) is 2. The van der Waals surface area contributed by atoms with Gasteiger partial charge in [0.2, 0.25) is 0 Å². The van der Waals surface area contributed by atoms with Gasteiger partial charge in [0, 0.05) is 45.9 Å². The van der Waals surface area contributed by atoms with Gasteiger partial charge in [0.05, 0.1) is 45.5 Å². The maximum absolute atomic E-state index is 13.9. The van der Waals surface area contributed by atoms with E-state index >= 15 is 0 Å². The number of anilines is 1. The number of alkyl halides is 2. The number of carbonyl (C=O) groups is 1. The molecule has 0 bridgehead atoms. The largest absolute Gasteiger partial charge is 0.478 e. The summed E-state index contributed by atoms with van der Waals surface area (Å²) in [6.07, 6.45) is 5.74. The summed E-state index contributed by atoms with van der Waals surface area (Å²) in [6, 6.07) is 9.46. The molecule has 266 valence electrons. The number of aromatic nitrogens is 4. The van der Waals surface area contributed by atoms with E-state index in [1.54, 1.807) is 42.8 Å². The summed E-state index contributed by atoms with van der Waals surface area (Å²) >= 11 is 7.66. The third-order valence-corrected chi connectivity index (χ3v) is 11.0. The summed E-state index contributed by atoms with van der Waals surface area (Å²) in [5.74, 6) is 6.22. The number of aromatic carboxylic acids is 1. The zero-order valence-corrected chi connectivity index (χ0v) is 29.5. The van der Waals surface area contributed by atoms with Crippen LogP contribution in [-0.4, -0.2) is 73.9 Å². The van der Waals surface area contributed by atoms with Crippen LogP contribution in [0.15, 0.2) is 46.8 Å². The number of pyridine rings is 2. The standard InChI is InChI=1S/C37H32ClF2N7O4S/c1-20-45-30-18-44-34(43-17-21-7-11-46(12-8-21)24-14-25(15-24)51-37(39)40)28(16-41)31(30)35(48)47(20)10-2-3-22-4-5-23(38)13-27(22)26-6-9-42-32-29(36(49)50)19-52-33(26)32/h4-6,9,13,18-19,21,24-25,37H,7-8,10-12,14-15,17H2,1H3,(H,43,44)(H,49,50). The molecule has 5 heterocycles. The summed E-state index contributed by atoms with van der Waals surface area (Å²) in [4.78, 5) is 41.3. The molecule has 1 saturated heterocycles. The molecular weight excluding hydrogens is 712 g/mol. The van der Waals surface area contributed by atoms with Crippen LogP contribution in [0.4, 0.5) is 14.6 Å². The Morgan fingerprint density at radius 1 is 1.21 bits per heavy atom. The lowest BCUT2D eigenvalue weighted by atomic mass is 9.85. The molecule has 11 nitrogen and oxygen atoms in total. The minimum atomic E-state index is -2.73. The van der Waals surface area contributed by atoms with E-state index in [2.05, 4.69) is 47.8 Å². The maximum Gasteiger partial charge on any atom is 0.345 e. The average molecular weight is 744 g/mol. The fourth-order valence-electron chi connectivity index (χ4n) is 6.96. The van der Waals surface area contributed by atoms with E-state index in [1.165, 1.54) is 22.1 Å². The number of hydrogen-bond acceptors (Lipinski definition) is 10. The fourth-order valence-corrected chi connectivity index (χ4v) is 8.16. The quantitative estimate of drug-likeness (QED) is 0.160. The number of aryl methyl sites for hydroxylation is 1. The molecule has 2 aliphatic rings. The van der Waals surface area contributed by atoms with Crippen molar-refractivity contribution in [2.45, 2.75) is 57.9 Å². The first-order valence-electron chi connectivity index (χ1n) is 16.7. The summed E-state index contributed by atoms with van der Waals surface area (Å²) in [5, 5.41) is 25.3. The Morgan fingerprint density at radius 2 is 2.00 bits per heavy atom. The van der Waals surface area contributed by atoms with E-state index in [4.69, 9.17) is 11.6 Å². The van der Waals surface area contributed by atoms with Gasteiger partial charge in [-0.25, -0.2) is 14.8 Å². The number of rotatable bonds is 9. The Morgan fingerprint density at radius 3 is 2.73 bits per heavy atom. The van der Waals surface area contributed by atoms with Crippen molar-refractivity contribution < 1.29 is 23.4 Å². The topological polar surface area (TPSA) is 146 Å². The Labute approximate surface area is 305 Å². The van der Waals surface area contributed by atoms with Crippen molar-refractivity contribution >= 4 is 55.8 Å². The zero-order valence-electron chi connectivity index (χ0n) is 27.9. The number of carboxylic acid groups (broad SMARTS) is 1. The van der Waals surface area contributed by atoms with E-state index in [-0.39, 0.29) is 35.2 Å². The number of fused-ring (bicyclic) bond motifs is 2. The zero-order chi connectivity index (χ0) is 36.5. The smallest absolute Gasteiger partial charge is 0.345 e. The van der Waals surface area contributed by atoms with Gasteiger partial charge in [0.25, 0.3) is 5.56 Å². The minimum Gasteiger partial charge on any atom is -0.478 e. The van der Waals surface area contributed by atoms with Crippen molar-refractivity contribution in [2.75, 3.05) is 25.0 Å². The first-order chi connectivity index (χ1) is 25.1. The van der Waals surface area contributed by atoms with Crippen LogP contribution < -0.4 is 10.9 Å². The molecule has 5 aromatic rings. The first-order valence-corrected chi connectivity index (χ1v) is 18.0. The molecule has 0 spiro atoms. The number of thiophene rings is 1. The fraction of sp³-hybridized carbons (Fsp3) is 0.351. The molecule has 0 atom stereocenters.